The first-order valence-electron chi connectivity index (χ1n) is 8.58. The van der Waals surface area contributed by atoms with Crippen LogP contribution in [0.1, 0.15) is 15.9 Å². The van der Waals surface area contributed by atoms with Gasteiger partial charge in [-0.15, -0.1) is 0 Å². The van der Waals surface area contributed by atoms with Gasteiger partial charge in [0.25, 0.3) is 5.91 Å². The molecule has 0 bridgehead atoms. The zero-order valence-electron chi connectivity index (χ0n) is 16.2. The second-order valence-electron chi connectivity index (χ2n) is 6.02. The summed E-state index contributed by atoms with van der Waals surface area (Å²) in [5.41, 5.74) is 3.00. The van der Waals surface area contributed by atoms with Crippen molar-refractivity contribution < 1.29 is 19.0 Å². The summed E-state index contributed by atoms with van der Waals surface area (Å²) in [6.07, 6.45) is 5.38. The van der Waals surface area contributed by atoms with Gasteiger partial charge < -0.3 is 19.5 Å². The number of nitrogens with zero attached hydrogens (tertiary/aromatic N) is 3. The molecule has 0 radical (unpaired) electrons. The summed E-state index contributed by atoms with van der Waals surface area (Å²) >= 11 is 0. The standard InChI is InChI=1S/C20H22N4O4/c1-24-12-14(11-23-24)16-7-5-13(9-21-16)10-22-20(25)15-6-8-17(26-2)19(28-4)18(15)27-3/h5-9,11-12H,10H2,1-4H3,(H,22,25). The SMILES string of the molecule is COc1ccc(C(=O)NCc2ccc(-c3cnn(C)c3)nc2)c(OC)c1OC. The van der Waals surface area contributed by atoms with E-state index in [4.69, 9.17) is 14.2 Å². The molecule has 2 heterocycles. The van der Waals surface area contributed by atoms with Crippen LogP contribution in [0.4, 0.5) is 0 Å². The summed E-state index contributed by atoms with van der Waals surface area (Å²) in [6, 6.07) is 7.12. The Morgan fingerprint density at radius 3 is 2.39 bits per heavy atom. The second-order valence-corrected chi connectivity index (χ2v) is 6.02. The number of hydrogen-bond acceptors (Lipinski definition) is 6. The minimum Gasteiger partial charge on any atom is -0.493 e. The van der Waals surface area contributed by atoms with Crippen LogP contribution in [0.15, 0.2) is 42.9 Å². The van der Waals surface area contributed by atoms with E-state index in [-0.39, 0.29) is 5.91 Å². The van der Waals surface area contributed by atoms with E-state index in [2.05, 4.69) is 15.4 Å². The van der Waals surface area contributed by atoms with Crippen molar-refractivity contribution >= 4 is 5.91 Å². The number of pyridine rings is 1. The molecule has 3 aromatic rings. The number of aryl methyl sites for hydroxylation is 1. The average Bonchev–Trinajstić information content (AvgIpc) is 3.17. The van der Waals surface area contributed by atoms with Gasteiger partial charge in [0.2, 0.25) is 5.75 Å². The largest absolute Gasteiger partial charge is 0.493 e. The van der Waals surface area contributed by atoms with Crippen molar-refractivity contribution in [3.05, 3.63) is 54.0 Å². The van der Waals surface area contributed by atoms with Crippen LogP contribution in [0.2, 0.25) is 0 Å². The van der Waals surface area contributed by atoms with E-state index < -0.39 is 0 Å². The molecule has 0 fully saturated rings. The molecule has 1 amide bonds. The molecule has 146 valence electrons. The number of carbonyl (C=O) groups is 1. The van der Waals surface area contributed by atoms with Gasteiger partial charge in [0.05, 0.1) is 38.8 Å². The van der Waals surface area contributed by atoms with Crippen LogP contribution in [-0.2, 0) is 13.6 Å². The molecule has 3 rings (SSSR count). The van der Waals surface area contributed by atoms with Gasteiger partial charge in [0, 0.05) is 31.5 Å². The molecule has 0 unspecified atom stereocenters. The Balaban J connectivity index is 1.72. The van der Waals surface area contributed by atoms with Gasteiger partial charge in [-0.2, -0.15) is 5.10 Å². The smallest absolute Gasteiger partial charge is 0.255 e. The van der Waals surface area contributed by atoms with Crippen LogP contribution in [0.25, 0.3) is 11.3 Å². The van der Waals surface area contributed by atoms with Crippen LogP contribution in [0, 0.1) is 0 Å². The highest BCUT2D eigenvalue weighted by Gasteiger charge is 2.20. The van der Waals surface area contributed by atoms with Crippen LogP contribution in [0.3, 0.4) is 0 Å². The summed E-state index contributed by atoms with van der Waals surface area (Å²) in [5.74, 6) is 0.907. The highest BCUT2D eigenvalue weighted by molar-refractivity contribution is 5.98. The molecule has 28 heavy (non-hydrogen) atoms. The molecule has 2 aromatic heterocycles. The predicted octanol–water partition coefficient (Wildman–Crippen LogP) is 2.44. The van der Waals surface area contributed by atoms with Crippen molar-refractivity contribution in [2.24, 2.45) is 7.05 Å². The molecular formula is C20H22N4O4. The minimum absolute atomic E-state index is 0.283. The summed E-state index contributed by atoms with van der Waals surface area (Å²) in [7, 11) is 6.36. The number of amides is 1. The Hall–Kier alpha value is -3.55. The third kappa shape index (κ3) is 3.90. The van der Waals surface area contributed by atoms with Crippen molar-refractivity contribution in [3.8, 4) is 28.5 Å². The monoisotopic (exact) mass is 382 g/mol. The fourth-order valence-corrected chi connectivity index (χ4v) is 2.81. The lowest BCUT2D eigenvalue weighted by atomic mass is 10.1. The van der Waals surface area contributed by atoms with Crippen molar-refractivity contribution in [2.45, 2.75) is 6.54 Å². The van der Waals surface area contributed by atoms with Crippen LogP contribution < -0.4 is 19.5 Å². The number of ether oxygens (including phenoxy) is 3. The zero-order valence-corrected chi connectivity index (χ0v) is 16.2. The molecule has 0 aliphatic carbocycles. The Morgan fingerprint density at radius 1 is 1.04 bits per heavy atom. The molecule has 1 N–H and O–H groups in total. The van der Waals surface area contributed by atoms with Gasteiger partial charge in [-0.25, -0.2) is 0 Å². The quantitative estimate of drug-likeness (QED) is 0.675. The lowest BCUT2D eigenvalue weighted by Gasteiger charge is -2.15. The third-order valence-corrected chi connectivity index (χ3v) is 4.23. The van der Waals surface area contributed by atoms with E-state index in [1.165, 1.54) is 21.3 Å². The van der Waals surface area contributed by atoms with Crippen LogP contribution >= 0.6 is 0 Å². The topological polar surface area (TPSA) is 87.5 Å². The van der Waals surface area contributed by atoms with Gasteiger partial charge in [0.15, 0.2) is 11.5 Å². The first-order valence-corrected chi connectivity index (χ1v) is 8.58. The number of benzene rings is 1. The predicted molar refractivity (Wildman–Crippen MR) is 104 cm³/mol. The first kappa shape index (κ1) is 19.2. The van der Waals surface area contributed by atoms with Gasteiger partial charge in [-0.3, -0.25) is 14.5 Å². The highest BCUT2D eigenvalue weighted by Crippen LogP contribution is 2.39. The van der Waals surface area contributed by atoms with E-state index in [1.54, 1.807) is 29.2 Å². The van der Waals surface area contributed by atoms with Gasteiger partial charge in [-0.1, -0.05) is 6.07 Å². The van der Waals surface area contributed by atoms with E-state index >= 15 is 0 Å². The third-order valence-electron chi connectivity index (χ3n) is 4.23. The van der Waals surface area contributed by atoms with Crippen molar-refractivity contribution in [1.82, 2.24) is 20.1 Å². The molecule has 1 aromatic carbocycles. The second kappa shape index (κ2) is 8.43. The lowest BCUT2D eigenvalue weighted by molar-refractivity contribution is 0.0947. The maximum absolute atomic E-state index is 12.6. The zero-order chi connectivity index (χ0) is 20.1. The summed E-state index contributed by atoms with van der Waals surface area (Å²) < 4.78 is 17.7. The van der Waals surface area contributed by atoms with E-state index in [9.17, 15) is 4.79 Å². The summed E-state index contributed by atoms with van der Waals surface area (Å²) in [4.78, 5) is 17.1. The summed E-state index contributed by atoms with van der Waals surface area (Å²) in [6.45, 7) is 0.330. The molecule has 8 heteroatoms. The number of rotatable bonds is 7. The van der Waals surface area contributed by atoms with Crippen molar-refractivity contribution in [2.75, 3.05) is 21.3 Å². The van der Waals surface area contributed by atoms with Crippen LogP contribution in [-0.4, -0.2) is 42.0 Å². The molecule has 0 aliphatic rings. The maximum atomic E-state index is 12.6. The fourth-order valence-electron chi connectivity index (χ4n) is 2.81. The lowest BCUT2D eigenvalue weighted by Crippen LogP contribution is -2.23. The Labute approximate surface area is 163 Å². The number of carbonyl (C=O) groups excluding carboxylic acids is 1. The van der Waals surface area contributed by atoms with E-state index in [0.29, 0.717) is 29.4 Å². The Morgan fingerprint density at radius 2 is 1.82 bits per heavy atom. The molecule has 0 aliphatic heterocycles. The molecule has 8 nitrogen and oxygen atoms in total. The normalized spacial score (nSPS) is 10.4. The van der Waals surface area contributed by atoms with E-state index in [0.717, 1.165) is 16.8 Å². The Bertz CT molecular complexity index is 967. The molecular weight excluding hydrogens is 360 g/mol. The van der Waals surface area contributed by atoms with Gasteiger partial charge in [0.1, 0.15) is 0 Å². The Kier molecular flexibility index (Phi) is 5.78. The average molecular weight is 382 g/mol. The summed E-state index contributed by atoms with van der Waals surface area (Å²) in [5, 5.41) is 7.01. The van der Waals surface area contributed by atoms with Crippen LogP contribution in [0.5, 0.6) is 17.2 Å². The minimum atomic E-state index is -0.283. The number of methoxy groups -OCH3 is 3. The molecule has 0 saturated heterocycles. The molecule has 0 saturated carbocycles. The number of hydrogen-bond donors (Lipinski definition) is 1. The van der Waals surface area contributed by atoms with Gasteiger partial charge >= 0.3 is 0 Å². The van der Waals surface area contributed by atoms with Gasteiger partial charge in [-0.05, 0) is 23.8 Å². The molecule has 0 atom stereocenters. The van der Waals surface area contributed by atoms with E-state index in [1.807, 2.05) is 25.4 Å². The number of nitrogens with one attached hydrogen (secondary N) is 1. The molecule has 0 spiro atoms. The maximum Gasteiger partial charge on any atom is 0.255 e. The van der Waals surface area contributed by atoms with Crippen molar-refractivity contribution in [3.63, 3.8) is 0 Å². The number of aromatic nitrogens is 3. The van der Waals surface area contributed by atoms with Crippen molar-refractivity contribution in [1.29, 1.82) is 0 Å². The fraction of sp³-hybridized carbons (Fsp3) is 0.250. The first-order chi connectivity index (χ1) is 13.6. The highest BCUT2D eigenvalue weighted by atomic mass is 16.5.